The minimum absolute atomic E-state index is 0.218. The highest BCUT2D eigenvalue weighted by Crippen LogP contribution is 2.24. The van der Waals surface area contributed by atoms with Gasteiger partial charge >= 0.3 is 0 Å². The summed E-state index contributed by atoms with van der Waals surface area (Å²) >= 11 is 3.04. The third-order valence-electron chi connectivity index (χ3n) is 2.74. The Bertz CT molecular complexity index is 422. The van der Waals surface area contributed by atoms with Crippen LogP contribution >= 0.6 is 23.3 Å². The van der Waals surface area contributed by atoms with Crippen molar-refractivity contribution in [2.24, 2.45) is 5.73 Å². The number of carbonyl (C=O) groups is 1. The fraction of sp³-hybridized carbons (Fsp3) is 0.750. The normalized spacial score (nSPS) is 14.6. The van der Waals surface area contributed by atoms with Crippen LogP contribution in [0.25, 0.3) is 0 Å². The quantitative estimate of drug-likeness (QED) is 0.716. The third-order valence-corrected chi connectivity index (χ3v) is 4.62. The van der Waals surface area contributed by atoms with Crippen LogP contribution in [0.1, 0.15) is 39.9 Å². The zero-order chi connectivity index (χ0) is 14.5. The minimum Gasteiger partial charge on any atom is -0.368 e. The lowest BCUT2D eigenvalue weighted by atomic mass is 9.97. The Morgan fingerprint density at radius 2 is 2.26 bits per heavy atom. The number of thioether (sulfide) groups is 1. The van der Waals surface area contributed by atoms with Gasteiger partial charge in [0.2, 0.25) is 5.91 Å². The molecule has 5 nitrogen and oxygen atoms in total. The van der Waals surface area contributed by atoms with Gasteiger partial charge in [0.15, 0.2) is 4.34 Å². The molecule has 1 rings (SSSR count). The molecule has 0 aliphatic carbocycles. The lowest BCUT2D eigenvalue weighted by molar-refractivity contribution is -0.124. The average Bonchev–Trinajstić information content (AvgIpc) is 2.75. The molecule has 0 saturated heterocycles. The maximum absolute atomic E-state index is 11.6. The largest absolute Gasteiger partial charge is 0.368 e. The van der Waals surface area contributed by atoms with Crippen LogP contribution in [0, 0.1) is 0 Å². The summed E-state index contributed by atoms with van der Waals surface area (Å²) in [4.78, 5) is 16.0. The van der Waals surface area contributed by atoms with Gasteiger partial charge in [-0.1, -0.05) is 18.7 Å². The van der Waals surface area contributed by atoms with Crippen LogP contribution in [-0.4, -0.2) is 32.6 Å². The molecule has 0 radical (unpaired) electrons. The first-order chi connectivity index (χ1) is 8.87. The number of nitrogens with zero attached hydrogens (tertiary/aromatic N) is 2. The van der Waals surface area contributed by atoms with Gasteiger partial charge in [-0.2, -0.15) is 4.37 Å². The third kappa shape index (κ3) is 5.08. The van der Waals surface area contributed by atoms with Crippen LogP contribution in [0.2, 0.25) is 0 Å². The highest BCUT2D eigenvalue weighted by Gasteiger charge is 2.31. The second-order valence-corrected chi connectivity index (χ2v) is 7.02. The number of carbonyl (C=O) groups excluding carboxylic acids is 1. The molecule has 1 amide bonds. The monoisotopic (exact) mass is 302 g/mol. The lowest BCUT2D eigenvalue weighted by Crippen LogP contribution is -2.55. The van der Waals surface area contributed by atoms with Crippen LogP contribution in [0.15, 0.2) is 4.34 Å². The number of hydrogen-bond donors (Lipinski definition) is 2. The van der Waals surface area contributed by atoms with Crippen molar-refractivity contribution >= 4 is 29.2 Å². The number of nitrogens with one attached hydrogen (secondary N) is 1. The molecule has 1 aromatic rings. The smallest absolute Gasteiger partial charge is 0.237 e. The van der Waals surface area contributed by atoms with Crippen LogP contribution in [0.4, 0.5) is 0 Å². The molecule has 1 atom stereocenters. The van der Waals surface area contributed by atoms with Crippen molar-refractivity contribution in [3.05, 3.63) is 5.82 Å². The molecule has 108 valence electrons. The van der Waals surface area contributed by atoms with Crippen molar-refractivity contribution in [2.45, 2.75) is 56.5 Å². The Kier molecular flexibility index (Phi) is 6.22. The second kappa shape index (κ2) is 7.21. The van der Waals surface area contributed by atoms with Gasteiger partial charge in [0.25, 0.3) is 0 Å². The first-order valence-electron chi connectivity index (χ1n) is 6.40. The van der Waals surface area contributed by atoms with Crippen LogP contribution in [0.3, 0.4) is 0 Å². The number of aryl methyl sites for hydroxylation is 1. The van der Waals surface area contributed by atoms with E-state index in [-0.39, 0.29) is 11.9 Å². The Hall–Kier alpha value is -0.660. The van der Waals surface area contributed by atoms with Gasteiger partial charge in [-0.25, -0.2) is 4.98 Å². The second-order valence-electron chi connectivity index (χ2n) is 4.92. The van der Waals surface area contributed by atoms with Gasteiger partial charge < -0.3 is 11.1 Å². The average molecular weight is 302 g/mol. The summed E-state index contributed by atoms with van der Waals surface area (Å²) in [5.74, 6) is 1.36. The number of nitrogens with two attached hydrogens (primary N) is 1. The van der Waals surface area contributed by atoms with Gasteiger partial charge in [-0.05, 0) is 38.7 Å². The molecular formula is C12H22N4OS2. The van der Waals surface area contributed by atoms with Gasteiger partial charge in [-0.15, -0.1) is 0 Å². The lowest BCUT2D eigenvalue weighted by Gasteiger charge is -2.29. The molecule has 1 unspecified atom stereocenters. The minimum atomic E-state index is -0.667. The first kappa shape index (κ1) is 16.4. The molecule has 1 aromatic heterocycles. The van der Waals surface area contributed by atoms with Crippen molar-refractivity contribution in [3.63, 3.8) is 0 Å². The fourth-order valence-electron chi connectivity index (χ4n) is 1.69. The molecule has 0 aliphatic rings. The summed E-state index contributed by atoms with van der Waals surface area (Å²) in [5, 5.41) is 3.24. The molecule has 1 heterocycles. The molecule has 19 heavy (non-hydrogen) atoms. The van der Waals surface area contributed by atoms with E-state index in [9.17, 15) is 4.79 Å². The SMILES string of the molecule is CCc1nsc(SCCC(C)(NC(C)C)C(N)=O)n1. The van der Waals surface area contributed by atoms with E-state index in [1.165, 1.54) is 11.5 Å². The Labute approximate surface area is 122 Å². The van der Waals surface area contributed by atoms with E-state index in [0.29, 0.717) is 6.42 Å². The van der Waals surface area contributed by atoms with E-state index in [1.807, 2.05) is 27.7 Å². The molecule has 0 fully saturated rings. The van der Waals surface area contributed by atoms with Crippen molar-refractivity contribution in [3.8, 4) is 0 Å². The van der Waals surface area contributed by atoms with E-state index in [4.69, 9.17) is 5.73 Å². The van der Waals surface area contributed by atoms with E-state index < -0.39 is 5.54 Å². The van der Waals surface area contributed by atoms with Crippen molar-refractivity contribution in [2.75, 3.05) is 5.75 Å². The van der Waals surface area contributed by atoms with Crippen molar-refractivity contribution in [1.82, 2.24) is 14.7 Å². The van der Waals surface area contributed by atoms with Crippen LogP contribution in [-0.2, 0) is 11.2 Å². The Morgan fingerprint density at radius 1 is 1.58 bits per heavy atom. The summed E-state index contributed by atoms with van der Waals surface area (Å²) in [7, 11) is 0. The molecule has 0 bridgehead atoms. The van der Waals surface area contributed by atoms with Gasteiger partial charge in [0.05, 0.1) is 5.54 Å². The zero-order valence-electron chi connectivity index (χ0n) is 11.9. The van der Waals surface area contributed by atoms with Gasteiger partial charge in [0.1, 0.15) is 5.82 Å². The maximum atomic E-state index is 11.6. The summed E-state index contributed by atoms with van der Waals surface area (Å²) in [6.07, 6.45) is 1.52. The van der Waals surface area contributed by atoms with Gasteiger partial charge in [0, 0.05) is 18.2 Å². The number of aromatic nitrogens is 2. The maximum Gasteiger partial charge on any atom is 0.237 e. The zero-order valence-corrected chi connectivity index (χ0v) is 13.5. The summed E-state index contributed by atoms with van der Waals surface area (Å²) in [5.41, 5.74) is 4.82. The molecular weight excluding hydrogens is 280 g/mol. The number of amides is 1. The van der Waals surface area contributed by atoms with E-state index >= 15 is 0 Å². The van der Waals surface area contributed by atoms with Crippen LogP contribution < -0.4 is 11.1 Å². The van der Waals surface area contributed by atoms with Crippen LogP contribution in [0.5, 0.6) is 0 Å². The van der Waals surface area contributed by atoms with Crippen molar-refractivity contribution < 1.29 is 4.79 Å². The standard InChI is InChI=1S/C12H22N4OS2/c1-5-9-14-11(19-16-9)18-7-6-12(4,10(13)17)15-8(2)3/h8,15H,5-7H2,1-4H3,(H2,13,17). The van der Waals surface area contributed by atoms with Crippen molar-refractivity contribution in [1.29, 1.82) is 0 Å². The van der Waals surface area contributed by atoms with E-state index in [0.717, 1.165) is 22.3 Å². The number of hydrogen-bond acceptors (Lipinski definition) is 6. The molecule has 7 heteroatoms. The Morgan fingerprint density at radius 3 is 2.74 bits per heavy atom. The first-order valence-corrected chi connectivity index (χ1v) is 8.16. The van der Waals surface area contributed by atoms with E-state index in [2.05, 4.69) is 14.7 Å². The van der Waals surface area contributed by atoms with Gasteiger partial charge in [-0.3, -0.25) is 4.79 Å². The Balaban J connectivity index is 2.50. The molecule has 0 saturated carbocycles. The predicted molar refractivity (Wildman–Crippen MR) is 80.5 cm³/mol. The number of primary amides is 1. The van der Waals surface area contributed by atoms with E-state index in [1.54, 1.807) is 11.8 Å². The fourth-order valence-corrected chi connectivity index (χ4v) is 3.61. The molecule has 0 spiro atoms. The highest BCUT2D eigenvalue weighted by atomic mass is 32.2. The summed E-state index contributed by atoms with van der Waals surface area (Å²) in [6, 6.07) is 0.218. The summed E-state index contributed by atoms with van der Waals surface area (Å²) in [6.45, 7) is 7.90. The molecule has 0 aromatic carbocycles. The molecule has 0 aliphatic heterocycles. The highest BCUT2D eigenvalue weighted by molar-refractivity contribution is 8.00. The predicted octanol–water partition coefficient (Wildman–Crippen LogP) is 1.82. The molecule has 3 N–H and O–H groups in total. The number of rotatable bonds is 8. The summed E-state index contributed by atoms with van der Waals surface area (Å²) < 4.78 is 5.19. The topological polar surface area (TPSA) is 80.9 Å².